The first-order valence-electron chi connectivity index (χ1n) is 3.91. The molecule has 1 saturated heterocycles. The Morgan fingerprint density at radius 3 is 3.00 bits per heavy atom. The van der Waals surface area contributed by atoms with Gasteiger partial charge in [-0.25, -0.2) is 0 Å². The molecular formula is C7H13NO2S. The minimum absolute atomic E-state index is 0.178. The van der Waals surface area contributed by atoms with E-state index in [4.69, 9.17) is 0 Å². The summed E-state index contributed by atoms with van der Waals surface area (Å²) in [6.07, 6.45) is 1.93. The predicted molar refractivity (Wildman–Crippen MR) is 46.5 cm³/mol. The fourth-order valence-corrected chi connectivity index (χ4v) is 2.64. The highest BCUT2D eigenvalue weighted by atomic mass is 32.2. The summed E-state index contributed by atoms with van der Waals surface area (Å²) in [5.74, 6) is 2.91. The van der Waals surface area contributed by atoms with Gasteiger partial charge in [-0.1, -0.05) is 0 Å². The second kappa shape index (κ2) is 3.95. The van der Waals surface area contributed by atoms with Gasteiger partial charge in [-0.3, -0.25) is 10.1 Å². The van der Waals surface area contributed by atoms with Crippen LogP contribution in [-0.2, 0) is 0 Å². The molecule has 1 aliphatic rings. The summed E-state index contributed by atoms with van der Waals surface area (Å²) in [7, 11) is 0. The van der Waals surface area contributed by atoms with Gasteiger partial charge in [0, 0.05) is 18.3 Å². The molecule has 0 aromatic rings. The van der Waals surface area contributed by atoms with Crippen molar-refractivity contribution >= 4 is 11.8 Å². The number of nitrogens with zero attached hydrogens (tertiary/aromatic N) is 1. The molecule has 0 spiro atoms. The second-order valence-corrected chi connectivity index (χ2v) is 4.25. The number of nitro groups is 1. The molecule has 1 aliphatic heterocycles. The van der Waals surface area contributed by atoms with Crippen LogP contribution in [0, 0.1) is 16.0 Å². The first kappa shape index (κ1) is 8.84. The topological polar surface area (TPSA) is 43.1 Å². The van der Waals surface area contributed by atoms with Gasteiger partial charge in [0.1, 0.15) is 0 Å². The smallest absolute Gasteiger partial charge is 0.210 e. The van der Waals surface area contributed by atoms with Crippen molar-refractivity contribution in [3.8, 4) is 0 Å². The van der Waals surface area contributed by atoms with Gasteiger partial charge in [-0.2, -0.15) is 11.8 Å². The molecule has 2 atom stereocenters. The molecule has 0 aromatic carbocycles. The maximum absolute atomic E-state index is 10.3. The summed E-state index contributed by atoms with van der Waals surface area (Å²) >= 11 is 1.91. The van der Waals surface area contributed by atoms with Crippen molar-refractivity contribution < 1.29 is 4.92 Å². The molecule has 1 rings (SSSR count). The maximum Gasteiger partial charge on any atom is 0.210 e. The molecule has 0 amide bonds. The maximum atomic E-state index is 10.3. The summed E-state index contributed by atoms with van der Waals surface area (Å²) in [6.45, 7) is 1.70. The minimum atomic E-state index is -0.348. The molecule has 4 heteroatoms. The minimum Gasteiger partial charge on any atom is -0.264 e. The van der Waals surface area contributed by atoms with Crippen LogP contribution in [0.3, 0.4) is 0 Å². The Hall–Kier alpha value is -0.250. The van der Waals surface area contributed by atoms with Gasteiger partial charge in [0.05, 0.1) is 0 Å². The summed E-state index contributed by atoms with van der Waals surface area (Å²) in [6, 6.07) is -0.348. The van der Waals surface area contributed by atoms with Crippen LogP contribution in [0.5, 0.6) is 0 Å². The number of hydrogen-bond donors (Lipinski definition) is 0. The SMILES string of the molecule is CC(CC1CCSC1)[N+](=O)[O-]. The zero-order valence-electron chi connectivity index (χ0n) is 6.66. The van der Waals surface area contributed by atoms with Gasteiger partial charge in [0.25, 0.3) is 0 Å². The lowest BCUT2D eigenvalue weighted by Gasteiger charge is -2.08. The van der Waals surface area contributed by atoms with E-state index in [1.165, 1.54) is 12.2 Å². The molecule has 0 saturated carbocycles. The molecule has 0 N–H and O–H groups in total. The summed E-state index contributed by atoms with van der Waals surface area (Å²) in [5.41, 5.74) is 0. The Labute approximate surface area is 70.7 Å². The average molecular weight is 175 g/mol. The van der Waals surface area contributed by atoms with E-state index in [2.05, 4.69) is 0 Å². The Morgan fingerprint density at radius 2 is 2.55 bits per heavy atom. The molecule has 3 nitrogen and oxygen atoms in total. The van der Waals surface area contributed by atoms with Crippen LogP contribution in [0.4, 0.5) is 0 Å². The Balaban J connectivity index is 2.23. The molecule has 2 unspecified atom stereocenters. The van der Waals surface area contributed by atoms with E-state index in [1.54, 1.807) is 6.92 Å². The summed E-state index contributed by atoms with van der Waals surface area (Å²) in [4.78, 5) is 10.1. The van der Waals surface area contributed by atoms with E-state index in [1.807, 2.05) is 11.8 Å². The average Bonchev–Trinajstić information content (AvgIpc) is 2.39. The van der Waals surface area contributed by atoms with E-state index in [9.17, 15) is 10.1 Å². The van der Waals surface area contributed by atoms with Crippen LogP contribution in [0.2, 0.25) is 0 Å². The van der Waals surface area contributed by atoms with E-state index in [0.29, 0.717) is 5.92 Å². The molecule has 1 heterocycles. The van der Waals surface area contributed by atoms with Gasteiger partial charge in [0.15, 0.2) is 0 Å². The highest BCUT2D eigenvalue weighted by Gasteiger charge is 2.23. The predicted octanol–water partition coefficient (Wildman–Crippen LogP) is 1.79. The third kappa shape index (κ3) is 2.69. The molecule has 0 bridgehead atoms. The van der Waals surface area contributed by atoms with Crippen LogP contribution in [0.1, 0.15) is 19.8 Å². The molecule has 11 heavy (non-hydrogen) atoms. The Bertz CT molecular complexity index is 145. The van der Waals surface area contributed by atoms with Crippen molar-refractivity contribution in [2.45, 2.75) is 25.8 Å². The quantitative estimate of drug-likeness (QED) is 0.485. The van der Waals surface area contributed by atoms with E-state index >= 15 is 0 Å². The first-order chi connectivity index (χ1) is 5.20. The van der Waals surface area contributed by atoms with Crippen LogP contribution >= 0.6 is 11.8 Å². The summed E-state index contributed by atoms with van der Waals surface area (Å²) < 4.78 is 0. The standard InChI is InChI=1S/C7H13NO2S/c1-6(8(9)10)4-7-2-3-11-5-7/h6-7H,2-5H2,1H3. The molecular weight excluding hydrogens is 162 g/mol. The number of hydrogen-bond acceptors (Lipinski definition) is 3. The van der Waals surface area contributed by atoms with Crippen LogP contribution in [0.25, 0.3) is 0 Å². The Morgan fingerprint density at radius 1 is 1.82 bits per heavy atom. The van der Waals surface area contributed by atoms with Gasteiger partial charge in [-0.05, 0) is 23.8 Å². The van der Waals surface area contributed by atoms with Crippen molar-refractivity contribution in [1.29, 1.82) is 0 Å². The third-order valence-electron chi connectivity index (χ3n) is 2.06. The van der Waals surface area contributed by atoms with Crippen molar-refractivity contribution in [3.05, 3.63) is 10.1 Å². The lowest BCUT2D eigenvalue weighted by Crippen LogP contribution is -2.19. The normalized spacial score (nSPS) is 26.8. The fraction of sp³-hybridized carbons (Fsp3) is 1.00. The fourth-order valence-electron chi connectivity index (χ4n) is 1.34. The first-order valence-corrected chi connectivity index (χ1v) is 5.07. The second-order valence-electron chi connectivity index (χ2n) is 3.10. The lowest BCUT2D eigenvalue weighted by molar-refractivity contribution is -0.520. The van der Waals surface area contributed by atoms with Gasteiger partial charge < -0.3 is 0 Å². The monoisotopic (exact) mass is 175 g/mol. The van der Waals surface area contributed by atoms with Crippen LogP contribution < -0.4 is 0 Å². The van der Waals surface area contributed by atoms with Crippen molar-refractivity contribution in [2.75, 3.05) is 11.5 Å². The van der Waals surface area contributed by atoms with E-state index < -0.39 is 0 Å². The molecule has 64 valence electrons. The van der Waals surface area contributed by atoms with Crippen molar-refractivity contribution in [2.24, 2.45) is 5.92 Å². The van der Waals surface area contributed by atoms with Crippen molar-refractivity contribution in [1.82, 2.24) is 0 Å². The summed E-state index contributed by atoms with van der Waals surface area (Å²) in [5, 5.41) is 10.3. The highest BCUT2D eigenvalue weighted by molar-refractivity contribution is 7.99. The van der Waals surface area contributed by atoms with Crippen molar-refractivity contribution in [3.63, 3.8) is 0 Å². The third-order valence-corrected chi connectivity index (χ3v) is 3.29. The van der Waals surface area contributed by atoms with E-state index in [0.717, 1.165) is 12.2 Å². The van der Waals surface area contributed by atoms with E-state index in [-0.39, 0.29) is 11.0 Å². The van der Waals surface area contributed by atoms with Crippen LogP contribution in [-0.4, -0.2) is 22.5 Å². The van der Waals surface area contributed by atoms with Gasteiger partial charge in [0.2, 0.25) is 6.04 Å². The molecule has 0 aromatic heterocycles. The van der Waals surface area contributed by atoms with Gasteiger partial charge in [-0.15, -0.1) is 0 Å². The lowest BCUT2D eigenvalue weighted by atomic mass is 10.0. The molecule has 0 radical (unpaired) electrons. The zero-order chi connectivity index (χ0) is 8.27. The molecule has 1 fully saturated rings. The van der Waals surface area contributed by atoms with Gasteiger partial charge >= 0.3 is 0 Å². The Kier molecular flexibility index (Phi) is 3.17. The highest BCUT2D eigenvalue weighted by Crippen LogP contribution is 2.27. The number of thioether (sulfide) groups is 1. The largest absolute Gasteiger partial charge is 0.264 e. The van der Waals surface area contributed by atoms with Crippen LogP contribution in [0.15, 0.2) is 0 Å². The molecule has 0 aliphatic carbocycles. The zero-order valence-corrected chi connectivity index (χ0v) is 7.47. The number of rotatable bonds is 3.